The SMILES string of the molecule is Cc1ccc(NC(=O)CN2CCC(C)CC2C)c(N)c1. The van der Waals surface area contributed by atoms with Crippen LogP contribution in [0.25, 0.3) is 0 Å². The number of nitrogens with zero attached hydrogens (tertiary/aromatic N) is 1. The minimum Gasteiger partial charge on any atom is -0.397 e. The second kappa shape index (κ2) is 6.27. The molecule has 1 fully saturated rings. The lowest BCUT2D eigenvalue weighted by atomic mass is 9.93. The maximum Gasteiger partial charge on any atom is 0.238 e. The summed E-state index contributed by atoms with van der Waals surface area (Å²) in [6.45, 7) is 7.91. The molecule has 0 aromatic heterocycles. The molecule has 0 radical (unpaired) electrons. The molecule has 4 heteroatoms. The topological polar surface area (TPSA) is 58.4 Å². The van der Waals surface area contributed by atoms with E-state index in [9.17, 15) is 4.79 Å². The molecule has 3 N–H and O–H groups in total. The number of nitrogen functional groups attached to an aromatic ring is 1. The van der Waals surface area contributed by atoms with Crippen LogP contribution < -0.4 is 11.1 Å². The average molecular weight is 275 g/mol. The first kappa shape index (κ1) is 14.9. The zero-order valence-corrected chi connectivity index (χ0v) is 12.6. The minimum absolute atomic E-state index is 0.0157. The fourth-order valence-electron chi connectivity index (χ4n) is 2.86. The zero-order valence-electron chi connectivity index (χ0n) is 12.6. The molecule has 1 aliphatic heterocycles. The van der Waals surface area contributed by atoms with Gasteiger partial charge in [-0.15, -0.1) is 0 Å². The van der Waals surface area contributed by atoms with Crippen molar-refractivity contribution in [1.82, 2.24) is 4.90 Å². The van der Waals surface area contributed by atoms with Gasteiger partial charge >= 0.3 is 0 Å². The summed E-state index contributed by atoms with van der Waals surface area (Å²) in [6.07, 6.45) is 2.34. The maximum absolute atomic E-state index is 12.1. The summed E-state index contributed by atoms with van der Waals surface area (Å²) in [5, 5.41) is 2.91. The van der Waals surface area contributed by atoms with Crippen molar-refractivity contribution in [2.24, 2.45) is 5.92 Å². The van der Waals surface area contributed by atoms with Crippen molar-refractivity contribution in [3.63, 3.8) is 0 Å². The van der Waals surface area contributed by atoms with E-state index in [1.54, 1.807) is 0 Å². The molecule has 2 rings (SSSR count). The van der Waals surface area contributed by atoms with Crippen molar-refractivity contribution in [2.75, 3.05) is 24.1 Å². The third-order valence-corrected chi connectivity index (χ3v) is 4.10. The van der Waals surface area contributed by atoms with Crippen LogP contribution in [0, 0.1) is 12.8 Å². The highest BCUT2D eigenvalue weighted by molar-refractivity contribution is 5.95. The van der Waals surface area contributed by atoms with Crippen LogP contribution in [-0.2, 0) is 4.79 Å². The fraction of sp³-hybridized carbons (Fsp3) is 0.562. The second-order valence-corrected chi connectivity index (χ2v) is 6.09. The molecule has 0 bridgehead atoms. The first-order valence-corrected chi connectivity index (χ1v) is 7.35. The summed E-state index contributed by atoms with van der Waals surface area (Å²) in [6, 6.07) is 6.17. The van der Waals surface area contributed by atoms with Gasteiger partial charge in [-0.2, -0.15) is 0 Å². The van der Waals surface area contributed by atoms with Crippen LogP contribution in [0.1, 0.15) is 32.3 Å². The predicted octanol–water partition coefficient (Wildman–Crippen LogP) is 2.64. The lowest BCUT2D eigenvalue weighted by Gasteiger charge is -2.35. The lowest BCUT2D eigenvalue weighted by molar-refractivity contribution is -0.118. The number of hydrogen-bond donors (Lipinski definition) is 2. The summed E-state index contributed by atoms with van der Waals surface area (Å²) in [5.41, 5.74) is 8.35. The van der Waals surface area contributed by atoms with Gasteiger partial charge in [-0.3, -0.25) is 9.69 Å². The Balaban J connectivity index is 1.92. The molecule has 110 valence electrons. The molecule has 1 amide bonds. The number of nitrogens with two attached hydrogens (primary N) is 1. The number of anilines is 2. The summed E-state index contributed by atoms with van der Waals surface area (Å²) >= 11 is 0. The molecule has 4 nitrogen and oxygen atoms in total. The van der Waals surface area contributed by atoms with Crippen molar-refractivity contribution >= 4 is 17.3 Å². The van der Waals surface area contributed by atoms with Crippen LogP contribution in [0.2, 0.25) is 0 Å². The second-order valence-electron chi connectivity index (χ2n) is 6.09. The largest absolute Gasteiger partial charge is 0.397 e. The fourth-order valence-corrected chi connectivity index (χ4v) is 2.86. The van der Waals surface area contributed by atoms with Gasteiger partial charge in [-0.05, 0) is 56.8 Å². The molecule has 2 unspecified atom stereocenters. The number of nitrogens with one attached hydrogen (secondary N) is 1. The van der Waals surface area contributed by atoms with E-state index in [1.165, 1.54) is 12.8 Å². The van der Waals surface area contributed by atoms with Gasteiger partial charge in [0.1, 0.15) is 0 Å². The average Bonchev–Trinajstić information content (AvgIpc) is 2.36. The van der Waals surface area contributed by atoms with Gasteiger partial charge in [0, 0.05) is 6.04 Å². The number of hydrogen-bond acceptors (Lipinski definition) is 3. The monoisotopic (exact) mass is 275 g/mol. The quantitative estimate of drug-likeness (QED) is 0.834. The first-order chi connectivity index (χ1) is 9.45. The van der Waals surface area contributed by atoms with Gasteiger partial charge in [0.2, 0.25) is 5.91 Å². The van der Waals surface area contributed by atoms with E-state index in [-0.39, 0.29) is 5.91 Å². The molecular weight excluding hydrogens is 250 g/mol. The van der Waals surface area contributed by atoms with E-state index in [4.69, 9.17) is 5.73 Å². The van der Waals surface area contributed by atoms with Crippen LogP contribution in [0.3, 0.4) is 0 Å². The van der Waals surface area contributed by atoms with Gasteiger partial charge in [0.15, 0.2) is 0 Å². The normalized spacial score (nSPS) is 23.6. The number of carbonyl (C=O) groups excluding carboxylic acids is 1. The summed E-state index contributed by atoms with van der Waals surface area (Å²) in [4.78, 5) is 14.4. The van der Waals surface area contributed by atoms with Gasteiger partial charge in [0.25, 0.3) is 0 Å². The van der Waals surface area contributed by atoms with Gasteiger partial charge in [0.05, 0.1) is 17.9 Å². The van der Waals surface area contributed by atoms with Crippen LogP contribution in [0.15, 0.2) is 18.2 Å². The molecule has 1 heterocycles. The minimum atomic E-state index is 0.0157. The van der Waals surface area contributed by atoms with Gasteiger partial charge in [-0.1, -0.05) is 13.0 Å². The number of amides is 1. The predicted molar refractivity (Wildman–Crippen MR) is 83.7 cm³/mol. The molecule has 1 saturated heterocycles. The molecule has 0 saturated carbocycles. The number of benzene rings is 1. The Kier molecular flexibility index (Phi) is 4.65. The highest BCUT2D eigenvalue weighted by Crippen LogP contribution is 2.23. The van der Waals surface area contributed by atoms with Crippen LogP contribution in [0.5, 0.6) is 0 Å². The van der Waals surface area contributed by atoms with Crippen molar-refractivity contribution in [1.29, 1.82) is 0 Å². The smallest absolute Gasteiger partial charge is 0.238 e. The third-order valence-electron chi connectivity index (χ3n) is 4.10. The summed E-state index contributed by atoms with van der Waals surface area (Å²) < 4.78 is 0. The van der Waals surface area contributed by atoms with Gasteiger partial charge < -0.3 is 11.1 Å². The van der Waals surface area contributed by atoms with Crippen LogP contribution >= 0.6 is 0 Å². The maximum atomic E-state index is 12.1. The van der Waals surface area contributed by atoms with Crippen molar-refractivity contribution in [2.45, 2.75) is 39.7 Å². The lowest BCUT2D eigenvalue weighted by Crippen LogP contribution is -2.44. The van der Waals surface area contributed by atoms with E-state index in [2.05, 4.69) is 24.1 Å². The molecule has 1 aromatic carbocycles. The Bertz CT molecular complexity index is 487. The Labute approximate surface area is 121 Å². The van der Waals surface area contributed by atoms with E-state index >= 15 is 0 Å². The number of carbonyl (C=O) groups is 1. The number of aryl methyl sites for hydroxylation is 1. The highest BCUT2D eigenvalue weighted by atomic mass is 16.2. The van der Waals surface area contributed by atoms with E-state index in [0.29, 0.717) is 24.0 Å². The molecule has 20 heavy (non-hydrogen) atoms. The molecule has 1 aliphatic rings. The molecule has 1 aromatic rings. The summed E-state index contributed by atoms with van der Waals surface area (Å²) in [5.74, 6) is 0.777. The van der Waals surface area contributed by atoms with Crippen molar-refractivity contribution in [3.8, 4) is 0 Å². The molecule has 0 spiro atoms. The number of rotatable bonds is 3. The number of likely N-dealkylation sites (tertiary alicyclic amines) is 1. The van der Waals surface area contributed by atoms with E-state index < -0.39 is 0 Å². The Hall–Kier alpha value is -1.55. The summed E-state index contributed by atoms with van der Waals surface area (Å²) in [7, 11) is 0. The molecule has 0 aliphatic carbocycles. The van der Waals surface area contributed by atoms with Crippen molar-refractivity contribution in [3.05, 3.63) is 23.8 Å². The first-order valence-electron chi connectivity index (χ1n) is 7.35. The Morgan fingerprint density at radius 3 is 2.85 bits per heavy atom. The molecule has 2 atom stereocenters. The van der Waals surface area contributed by atoms with Gasteiger partial charge in [-0.25, -0.2) is 0 Å². The van der Waals surface area contributed by atoms with E-state index in [0.717, 1.165) is 18.0 Å². The molecular formula is C16H25N3O. The standard InChI is InChI=1S/C16H25N3O/c1-11-4-5-15(14(17)9-11)18-16(20)10-19-7-6-12(2)8-13(19)3/h4-5,9,12-13H,6-8,10,17H2,1-3H3,(H,18,20). The highest BCUT2D eigenvalue weighted by Gasteiger charge is 2.24. The third kappa shape index (κ3) is 3.73. The Morgan fingerprint density at radius 2 is 2.20 bits per heavy atom. The van der Waals surface area contributed by atoms with E-state index in [1.807, 2.05) is 25.1 Å². The zero-order chi connectivity index (χ0) is 14.7. The van der Waals surface area contributed by atoms with Crippen LogP contribution in [0.4, 0.5) is 11.4 Å². The van der Waals surface area contributed by atoms with Crippen LogP contribution in [-0.4, -0.2) is 29.9 Å². The number of piperidine rings is 1. The van der Waals surface area contributed by atoms with Crippen molar-refractivity contribution < 1.29 is 4.79 Å². The Morgan fingerprint density at radius 1 is 1.45 bits per heavy atom.